The molecular formula is C56H58BFO4S2. The summed E-state index contributed by atoms with van der Waals surface area (Å²) in [5, 5.41) is 18.2. The van der Waals surface area contributed by atoms with E-state index in [4.69, 9.17) is 19.5 Å². The van der Waals surface area contributed by atoms with Crippen molar-refractivity contribution >= 4 is 42.1 Å². The Bertz CT molecular complexity index is 2260. The minimum atomic E-state index is -2.67. The van der Waals surface area contributed by atoms with Crippen LogP contribution in [0.1, 0.15) is 61.1 Å². The van der Waals surface area contributed by atoms with Crippen LogP contribution in [0.15, 0.2) is 156 Å². The number of thioether (sulfide) groups is 2. The third-order valence-electron chi connectivity index (χ3n) is 11.5. The quantitative estimate of drug-likeness (QED) is 0.119. The number of allylic oxidation sites excluding steroid dienone is 4. The highest BCUT2D eigenvalue weighted by Crippen LogP contribution is 2.44. The molecule has 2 aliphatic rings. The lowest BCUT2D eigenvalue weighted by atomic mass is 9.86. The molecule has 0 spiro atoms. The number of hydrogen-bond acceptors (Lipinski definition) is 6. The van der Waals surface area contributed by atoms with Crippen LogP contribution in [0.4, 0.5) is 4.32 Å². The molecule has 0 saturated carbocycles. The Morgan fingerprint density at radius 3 is 0.906 bits per heavy atom. The van der Waals surface area contributed by atoms with Gasteiger partial charge in [0.25, 0.3) is 0 Å². The van der Waals surface area contributed by atoms with E-state index >= 15 is 0 Å². The largest absolute Gasteiger partial charge is 0.674 e. The van der Waals surface area contributed by atoms with Crippen molar-refractivity contribution < 1.29 is 23.8 Å². The van der Waals surface area contributed by atoms with Crippen LogP contribution in [-0.2, 0) is 25.7 Å². The predicted molar refractivity (Wildman–Crippen MR) is 276 cm³/mol. The average Bonchev–Trinajstić information content (AvgIpc) is 3.36. The fourth-order valence-electron chi connectivity index (χ4n) is 7.85. The number of benzene rings is 6. The van der Waals surface area contributed by atoms with Crippen LogP contribution >= 0.6 is 23.5 Å². The molecule has 4 nitrogen and oxygen atoms in total. The van der Waals surface area contributed by atoms with Crippen LogP contribution < -0.4 is 9.47 Å². The first-order valence-electron chi connectivity index (χ1n) is 22.0. The Morgan fingerprint density at radius 1 is 0.469 bits per heavy atom. The standard InChI is InChI=1S/2C28H28OS.BFH2O2/c2*1-4-20-8-12-22(13-9-20)26-17-25(29-3)18-27(23-14-10-21(5-2)11-15-23)28(26)24-7-6-16-30-19-24;2-1(3)4/h2*6-18H,4-5,19H2,1-3H3;3-4H. The monoisotopic (exact) mass is 888 g/mol. The van der Waals surface area contributed by atoms with Crippen molar-refractivity contribution in [2.45, 2.75) is 53.4 Å². The number of hydrogen-bond donors (Lipinski definition) is 2. The Kier molecular flexibility index (Phi) is 18.0. The second kappa shape index (κ2) is 24.0. The van der Waals surface area contributed by atoms with Crippen molar-refractivity contribution in [2.75, 3.05) is 25.7 Å². The Hall–Kier alpha value is -5.51. The van der Waals surface area contributed by atoms with Crippen molar-refractivity contribution in [2.24, 2.45) is 0 Å². The summed E-state index contributed by atoms with van der Waals surface area (Å²) in [6.45, 7) is 8.78. The van der Waals surface area contributed by atoms with E-state index in [2.05, 4.69) is 184 Å². The van der Waals surface area contributed by atoms with Gasteiger partial charge in [0.2, 0.25) is 0 Å². The van der Waals surface area contributed by atoms with Gasteiger partial charge >= 0.3 is 7.40 Å². The first kappa shape index (κ1) is 48.0. The van der Waals surface area contributed by atoms with Gasteiger partial charge in [-0.25, -0.2) is 0 Å². The van der Waals surface area contributed by atoms with Crippen LogP contribution in [0.25, 0.3) is 55.7 Å². The molecule has 8 rings (SSSR count). The van der Waals surface area contributed by atoms with E-state index in [-0.39, 0.29) is 0 Å². The van der Waals surface area contributed by atoms with E-state index in [9.17, 15) is 4.32 Å². The zero-order chi connectivity index (χ0) is 45.4. The van der Waals surface area contributed by atoms with Gasteiger partial charge in [-0.15, -0.1) is 23.5 Å². The summed E-state index contributed by atoms with van der Waals surface area (Å²) in [5.41, 5.74) is 20.6. The van der Waals surface area contributed by atoms with E-state index in [1.165, 1.54) is 89.0 Å². The molecule has 0 amide bonds. The van der Waals surface area contributed by atoms with E-state index in [0.29, 0.717) is 0 Å². The first-order chi connectivity index (χ1) is 31.2. The molecule has 2 N–H and O–H groups in total. The van der Waals surface area contributed by atoms with Crippen molar-refractivity contribution in [3.8, 4) is 56.0 Å². The lowest BCUT2D eigenvalue weighted by molar-refractivity contribution is 0.340. The maximum Gasteiger partial charge on any atom is 0.674 e. The van der Waals surface area contributed by atoms with Gasteiger partial charge in [-0.3, -0.25) is 4.32 Å². The van der Waals surface area contributed by atoms with E-state index in [1.54, 1.807) is 14.2 Å². The Labute approximate surface area is 388 Å². The summed E-state index contributed by atoms with van der Waals surface area (Å²) in [5.74, 6) is 3.73. The molecule has 0 aromatic heterocycles. The van der Waals surface area contributed by atoms with E-state index in [1.807, 2.05) is 23.5 Å². The molecule has 2 aliphatic heterocycles. The highest BCUT2D eigenvalue weighted by molar-refractivity contribution is 8.02. The summed E-state index contributed by atoms with van der Waals surface area (Å²) >= 11 is 3.70. The molecule has 0 fully saturated rings. The van der Waals surface area contributed by atoms with E-state index in [0.717, 1.165) is 48.7 Å². The van der Waals surface area contributed by atoms with Crippen LogP contribution in [-0.4, -0.2) is 43.2 Å². The zero-order valence-corrected chi connectivity index (χ0v) is 39.4. The third kappa shape index (κ3) is 12.4. The van der Waals surface area contributed by atoms with Crippen molar-refractivity contribution in [3.05, 3.63) is 190 Å². The summed E-state index contributed by atoms with van der Waals surface area (Å²) in [6.07, 6.45) is 13.0. The summed E-state index contributed by atoms with van der Waals surface area (Å²) < 4.78 is 21.6. The molecule has 0 saturated heterocycles. The van der Waals surface area contributed by atoms with Crippen LogP contribution in [0.3, 0.4) is 0 Å². The van der Waals surface area contributed by atoms with Crippen LogP contribution in [0.5, 0.6) is 11.5 Å². The second-order valence-corrected chi connectivity index (χ2v) is 17.2. The minimum Gasteiger partial charge on any atom is -0.497 e. The van der Waals surface area contributed by atoms with Crippen molar-refractivity contribution in [1.29, 1.82) is 0 Å². The number of aryl methyl sites for hydroxylation is 4. The maximum absolute atomic E-state index is 10.1. The van der Waals surface area contributed by atoms with Crippen molar-refractivity contribution in [1.82, 2.24) is 0 Å². The van der Waals surface area contributed by atoms with Crippen molar-refractivity contribution in [3.63, 3.8) is 0 Å². The lowest BCUT2D eigenvalue weighted by Crippen LogP contribution is -2.00. The van der Waals surface area contributed by atoms with Gasteiger partial charge in [0.1, 0.15) is 11.5 Å². The first-order valence-corrected chi connectivity index (χ1v) is 24.1. The normalized spacial score (nSPS) is 12.8. The fourth-order valence-corrected chi connectivity index (χ4v) is 9.27. The van der Waals surface area contributed by atoms with Gasteiger partial charge in [0.15, 0.2) is 0 Å². The SMILES string of the molecule is CCc1ccc(-c2cc(OC)cc(-c3ccc(CC)cc3)c2C2=CC=CSC2)cc1.CCc1ccc(-c2cc(OC)cc(-c3ccc(CC)cc3)c2C2=CC=CSC2)cc1.OB(O)F. The maximum atomic E-state index is 10.1. The van der Waals surface area contributed by atoms with Gasteiger partial charge in [0, 0.05) is 11.5 Å². The molecule has 8 heteroatoms. The van der Waals surface area contributed by atoms with Gasteiger partial charge in [-0.1, -0.05) is 149 Å². The summed E-state index contributed by atoms with van der Waals surface area (Å²) in [7, 11) is 0.836. The van der Waals surface area contributed by atoms with Gasteiger partial charge in [-0.2, -0.15) is 0 Å². The molecule has 0 atom stereocenters. The fraction of sp³-hybridized carbons (Fsp3) is 0.214. The smallest absolute Gasteiger partial charge is 0.497 e. The highest BCUT2D eigenvalue weighted by Gasteiger charge is 2.21. The van der Waals surface area contributed by atoms with Crippen LogP contribution in [0.2, 0.25) is 0 Å². The number of halogens is 1. The third-order valence-corrected chi connectivity index (χ3v) is 13.1. The molecule has 0 bridgehead atoms. The topological polar surface area (TPSA) is 58.9 Å². The molecule has 0 unspecified atom stereocenters. The zero-order valence-electron chi connectivity index (χ0n) is 37.7. The summed E-state index contributed by atoms with van der Waals surface area (Å²) in [6, 6.07) is 44.6. The Balaban J connectivity index is 0.000000196. The Morgan fingerprint density at radius 2 is 0.719 bits per heavy atom. The van der Waals surface area contributed by atoms with Crippen LogP contribution in [0, 0.1) is 0 Å². The van der Waals surface area contributed by atoms with E-state index < -0.39 is 7.40 Å². The van der Waals surface area contributed by atoms with Gasteiger partial charge in [-0.05, 0) is 150 Å². The van der Waals surface area contributed by atoms with Gasteiger partial charge in [0.05, 0.1) is 14.2 Å². The average molecular weight is 889 g/mol. The highest BCUT2D eigenvalue weighted by atomic mass is 32.2. The number of rotatable bonds is 12. The number of ether oxygens (including phenoxy) is 2. The molecule has 0 radical (unpaired) electrons. The molecule has 0 aliphatic carbocycles. The molecule has 328 valence electrons. The second-order valence-electron chi connectivity index (χ2n) is 15.4. The molecule has 6 aromatic rings. The number of methoxy groups -OCH3 is 2. The summed E-state index contributed by atoms with van der Waals surface area (Å²) in [4.78, 5) is 0. The lowest BCUT2D eigenvalue weighted by Gasteiger charge is -2.21. The predicted octanol–water partition coefficient (Wildman–Crippen LogP) is 14.5. The minimum absolute atomic E-state index is 0.891. The van der Waals surface area contributed by atoms with Gasteiger partial charge < -0.3 is 19.5 Å². The molecule has 2 heterocycles. The molecular weight excluding hydrogens is 831 g/mol. The molecule has 64 heavy (non-hydrogen) atoms. The molecule has 6 aromatic carbocycles.